The molecule has 0 saturated heterocycles. The molecule has 1 heterocycles. The van der Waals surface area contributed by atoms with Crippen LogP contribution in [0.1, 0.15) is 36.4 Å². The van der Waals surface area contributed by atoms with Crippen molar-refractivity contribution < 1.29 is 9.90 Å². The molecule has 1 aliphatic carbocycles. The predicted octanol–water partition coefficient (Wildman–Crippen LogP) is 2.11. The molecule has 0 radical (unpaired) electrons. The second-order valence-electron chi connectivity index (χ2n) is 5.00. The zero-order chi connectivity index (χ0) is 13.7. The van der Waals surface area contributed by atoms with Gasteiger partial charge in [-0.3, -0.25) is 4.79 Å². The van der Waals surface area contributed by atoms with Crippen LogP contribution in [0.2, 0.25) is 0 Å². The van der Waals surface area contributed by atoms with E-state index in [2.05, 4.69) is 15.7 Å². The molecule has 1 amide bonds. The maximum absolute atomic E-state index is 11.8. The van der Waals surface area contributed by atoms with Crippen molar-refractivity contribution in [3.05, 3.63) is 16.1 Å². The summed E-state index contributed by atoms with van der Waals surface area (Å²) in [5.74, 6) is 1.71. The van der Waals surface area contributed by atoms with Gasteiger partial charge < -0.3 is 10.4 Å². The molecule has 1 aromatic rings. The van der Waals surface area contributed by atoms with Gasteiger partial charge in [-0.25, -0.2) is 4.98 Å². The minimum atomic E-state index is -0.312. The van der Waals surface area contributed by atoms with Crippen LogP contribution in [0.25, 0.3) is 0 Å². The lowest BCUT2D eigenvalue weighted by Crippen LogP contribution is -2.56. The molecule has 0 bridgehead atoms. The highest BCUT2D eigenvalue weighted by atomic mass is 32.2. The Hall–Kier alpha value is -0.590. The Labute approximate surface area is 122 Å². The molecular formula is C13H20N2O2S2. The Morgan fingerprint density at radius 2 is 2.42 bits per heavy atom. The first-order valence-corrected chi connectivity index (χ1v) is 8.58. The monoisotopic (exact) mass is 300 g/mol. The molecule has 2 rings (SSSR count). The zero-order valence-corrected chi connectivity index (χ0v) is 12.8. The summed E-state index contributed by atoms with van der Waals surface area (Å²) in [4.78, 5) is 16.2. The van der Waals surface area contributed by atoms with E-state index in [9.17, 15) is 9.90 Å². The van der Waals surface area contributed by atoms with Crippen LogP contribution in [0.5, 0.6) is 0 Å². The van der Waals surface area contributed by atoms with Crippen molar-refractivity contribution in [3.8, 4) is 0 Å². The first kappa shape index (κ1) is 14.8. The Morgan fingerprint density at radius 3 is 2.95 bits per heavy atom. The molecule has 1 aromatic heterocycles. The second-order valence-corrected chi connectivity index (χ2v) is 7.17. The Morgan fingerprint density at radius 1 is 1.63 bits per heavy atom. The predicted molar refractivity (Wildman–Crippen MR) is 79.4 cm³/mol. The Bertz CT molecular complexity index is 425. The minimum Gasteiger partial charge on any atom is -0.394 e. The van der Waals surface area contributed by atoms with E-state index in [0.717, 1.165) is 41.5 Å². The smallest absolute Gasteiger partial charge is 0.221 e. The number of carbonyl (C=O) groups excluding carboxylic acids is 1. The lowest BCUT2D eigenvalue weighted by molar-refractivity contribution is -0.124. The van der Waals surface area contributed by atoms with Gasteiger partial charge in [0.25, 0.3) is 0 Å². The number of hydrogen-bond donors (Lipinski definition) is 2. The molecule has 1 fully saturated rings. The highest BCUT2D eigenvalue weighted by molar-refractivity contribution is 7.98. The van der Waals surface area contributed by atoms with Gasteiger partial charge in [-0.2, -0.15) is 11.8 Å². The highest BCUT2D eigenvalue weighted by Gasteiger charge is 2.37. The van der Waals surface area contributed by atoms with Crippen LogP contribution in [-0.2, 0) is 10.5 Å². The highest BCUT2D eigenvalue weighted by Crippen LogP contribution is 2.31. The number of hydrogen-bond acceptors (Lipinski definition) is 5. The lowest BCUT2D eigenvalue weighted by Gasteiger charge is -2.41. The third-order valence-corrected chi connectivity index (χ3v) is 5.22. The molecule has 0 atom stereocenters. The van der Waals surface area contributed by atoms with E-state index < -0.39 is 0 Å². The summed E-state index contributed by atoms with van der Waals surface area (Å²) < 4.78 is 0. The summed E-state index contributed by atoms with van der Waals surface area (Å²) in [6, 6.07) is 0. The van der Waals surface area contributed by atoms with E-state index in [-0.39, 0.29) is 18.1 Å². The number of nitrogens with zero attached hydrogens (tertiary/aromatic N) is 1. The largest absolute Gasteiger partial charge is 0.394 e. The molecule has 2 N–H and O–H groups in total. The number of nitrogens with one attached hydrogen (secondary N) is 1. The first-order valence-electron chi connectivity index (χ1n) is 6.54. The van der Waals surface area contributed by atoms with Gasteiger partial charge >= 0.3 is 0 Å². The fourth-order valence-corrected chi connectivity index (χ4v) is 3.65. The molecule has 0 unspecified atom stereocenters. The third-order valence-electron chi connectivity index (χ3n) is 3.41. The number of aryl methyl sites for hydroxylation is 1. The molecule has 4 nitrogen and oxygen atoms in total. The maximum atomic E-state index is 11.8. The summed E-state index contributed by atoms with van der Waals surface area (Å²) >= 11 is 3.39. The minimum absolute atomic E-state index is 0.0516. The number of amides is 1. The van der Waals surface area contributed by atoms with Crippen LogP contribution in [0.4, 0.5) is 0 Å². The van der Waals surface area contributed by atoms with Crippen molar-refractivity contribution in [1.82, 2.24) is 10.3 Å². The van der Waals surface area contributed by atoms with Crippen LogP contribution in [0, 0.1) is 6.92 Å². The number of aliphatic hydroxyl groups is 1. The van der Waals surface area contributed by atoms with Crippen molar-refractivity contribution in [2.45, 2.75) is 43.9 Å². The summed E-state index contributed by atoms with van der Waals surface area (Å²) in [6.07, 6.45) is 3.41. The maximum Gasteiger partial charge on any atom is 0.221 e. The van der Waals surface area contributed by atoms with Crippen molar-refractivity contribution >= 4 is 29.0 Å². The van der Waals surface area contributed by atoms with E-state index in [4.69, 9.17) is 0 Å². The Balaban J connectivity index is 1.61. The van der Waals surface area contributed by atoms with Crippen LogP contribution < -0.4 is 5.32 Å². The van der Waals surface area contributed by atoms with Crippen LogP contribution in [0.3, 0.4) is 0 Å². The summed E-state index contributed by atoms with van der Waals surface area (Å²) in [7, 11) is 0. The number of thioether (sulfide) groups is 1. The molecular weight excluding hydrogens is 280 g/mol. The Kier molecular flexibility index (Phi) is 5.24. The van der Waals surface area contributed by atoms with Crippen LogP contribution >= 0.6 is 23.1 Å². The van der Waals surface area contributed by atoms with Crippen LogP contribution in [-0.4, -0.2) is 33.9 Å². The topological polar surface area (TPSA) is 62.2 Å². The van der Waals surface area contributed by atoms with Gasteiger partial charge in [-0.15, -0.1) is 11.3 Å². The normalized spacial score (nSPS) is 16.9. The van der Waals surface area contributed by atoms with Gasteiger partial charge in [-0.05, 0) is 26.2 Å². The molecule has 0 aromatic carbocycles. The molecule has 0 spiro atoms. The summed E-state index contributed by atoms with van der Waals surface area (Å²) in [6.45, 7) is 2.06. The average Bonchev–Trinajstić information content (AvgIpc) is 2.75. The second kappa shape index (κ2) is 6.72. The fraction of sp³-hybridized carbons (Fsp3) is 0.692. The van der Waals surface area contributed by atoms with E-state index in [1.54, 1.807) is 23.1 Å². The van der Waals surface area contributed by atoms with Gasteiger partial charge in [0.05, 0.1) is 22.8 Å². The van der Waals surface area contributed by atoms with Crippen molar-refractivity contribution in [2.24, 2.45) is 0 Å². The number of rotatable bonds is 7. The number of thiazole rings is 1. The molecule has 19 heavy (non-hydrogen) atoms. The third kappa shape index (κ3) is 4.19. The summed E-state index contributed by atoms with van der Waals surface area (Å²) in [5.41, 5.74) is 0.784. The van der Waals surface area contributed by atoms with Gasteiger partial charge in [0.2, 0.25) is 5.91 Å². The van der Waals surface area contributed by atoms with E-state index >= 15 is 0 Å². The van der Waals surface area contributed by atoms with Gasteiger partial charge in [0.15, 0.2) is 0 Å². The van der Waals surface area contributed by atoms with Crippen molar-refractivity contribution in [2.75, 3.05) is 12.4 Å². The number of carbonyl (C=O) groups is 1. The van der Waals surface area contributed by atoms with E-state index in [1.165, 1.54) is 0 Å². The standard InChI is InChI=1S/C13H20N2O2S2/c1-10-14-11(8-19-10)7-18-6-3-12(17)15-13(9-16)4-2-5-13/h8,16H,2-7,9H2,1H3,(H,15,17). The number of aliphatic hydroxyl groups excluding tert-OH is 1. The SMILES string of the molecule is Cc1nc(CSCCC(=O)NC2(CO)CCC2)cs1. The van der Waals surface area contributed by atoms with E-state index in [1.807, 2.05) is 6.92 Å². The zero-order valence-electron chi connectivity index (χ0n) is 11.1. The summed E-state index contributed by atoms with van der Waals surface area (Å²) in [5, 5.41) is 15.4. The fourth-order valence-electron chi connectivity index (χ4n) is 2.10. The van der Waals surface area contributed by atoms with Crippen molar-refractivity contribution in [1.29, 1.82) is 0 Å². The van der Waals surface area contributed by atoms with Gasteiger partial charge in [-0.1, -0.05) is 0 Å². The lowest BCUT2D eigenvalue weighted by atomic mass is 9.77. The molecule has 106 valence electrons. The van der Waals surface area contributed by atoms with Crippen LogP contribution in [0.15, 0.2) is 5.38 Å². The molecule has 1 saturated carbocycles. The molecule has 6 heteroatoms. The van der Waals surface area contributed by atoms with Gasteiger partial charge in [0, 0.05) is 23.3 Å². The average molecular weight is 300 g/mol. The quantitative estimate of drug-likeness (QED) is 0.757. The van der Waals surface area contributed by atoms with Gasteiger partial charge in [0.1, 0.15) is 0 Å². The van der Waals surface area contributed by atoms with Crippen molar-refractivity contribution in [3.63, 3.8) is 0 Å². The number of aromatic nitrogens is 1. The molecule has 1 aliphatic rings. The molecule has 0 aliphatic heterocycles. The van der Waals surface area contributed by atoms with E-state index in [0.29, 0.717) is 6.42 Å². The first-order chi connectivity index (χ1) is 9.13.